The Morgan fingerprint density at radius 2 is 2.26 bits per heavy atom. The zero-order chi connectivity index (χ0) is 16.4. The number of nitrogens with one attached hydrogen (secondary N) is 1. The lowest BCUT2D eigenvalue weighted by Gasteiger charge is -2.60. The number of urea groups is 1. The Morgan fingerprint density at radius 3 is 2.87 bits per heavy atom. The van der Waals surface area contributed by atoms with Gasteiger partial charge in [-0.2, -0.15) is 5.26 Å². The molecule has 0 aliphatic carbocycles. The maximum absolute atomic E-state index is 12.5. The summed E-state index contributed by atoms with van der Waals surface area (Å²) in [4.78, 5) is 16.2. The van der Waals surface area contributed by atoms with Gasteiger partial charge in [0.05, 0.1) is 6.54 Å². The molecule has 1 atom stereocenters. The molecule has 1 spiro atoms. The molecular formula is C17H23N3O2S. The van der Waals surface area contributed by atoms with Gasteiger partial charge in [-0.1, -0.05) is 13.8 Å². The van der Waals surface area contributed by atoms with E-state index in [9.17, 15) is 4.79 Å². The van der Waals surface area contributed by atoms with Crippen LogP contribution in [0.25, 0.3) is 0 Å². The third-order valence-corrected chi connectivity index (χ3v) is 6.00. The third-order valence-electron chi connectivity index (χ3n) is 5.02. The summed E-state index contributed by atoms with van der Waals surface area (Å²) in [5, 5.41) is 11.9. The second-order valence-corrected chi connectivity index (χ2v) is 8.00. The van der Waals surface area contributed by atoms with Gasteiger partial charge in [-0.25, -0.2) is 4.79 Å². The maximum atomic E-state index is 12.5. The van der Waals surface area contributed by atoms with Crippen LogP contribution in [-0.4, -0.2) is 36.7 Å². The zero-order valence-corrected chi connectivity index (χ0v) is 14.5. The number of nitriles is 1. The predicted molar refractivity (Wildman–Crippen MR) is 89.1 cm³/mol. The van der Waals surface area contributed by atoms with Crippen LogP contribution >= 0.6 is 11.3 Å². The highest BCUT2D eigenvalue weighted by Crippen LogP contribution is 2.48. The summed E-state index contributed by atoms with van der Waals surface area (Å²) in [6.45, 7) is 7.33. The first kappa shape index (κ1) is 16.3. The smallest absolute Gasteiger partial charge is 0.317 e. The van der Waals surface area contributed by atoms with E-state index in [1.54, 1.807) is 6.07 Å². The van der Waals surface area contributed by atoms with Gasteiger partial charge in [0.15, 0.2) is 0 Å². The van der Waals surface area contributed by atoms with E-state index in [0.29, 0.717) is 23.4 Å². The van der Waals surface area contributed by atoms with Crippen LogP contribution in [-0.2, 0) is 11.3 Å². The first-order valence-electron chi connectivity index (χ1n) is 8.17. The number of amides is 2. The third kappa shape index (κ3) is 3.08. The molecule has 0 aromatic carbocycles. The Labute approximate surface area is 141 Å². The number of carbonyl (C=O) groups excluding carboxylic acids is 1. The van der Waals surface area contributed by atoms with E-state index >= 15 is 0 Å². The van der Waals surface area contributed by atoms with E-state index in [2.05, 4.69) is 25.2 Å². The molecule has 1 aromatic rings. The van der Waals surface area contributed by atoms with Gasteiger partial charge in [0.25, 0.3) is 0 Å². The van der Waals surface area contributed by atoms with Gasteiger partial charge in [0.1, 0.15) is 10.9 Å². The van der Waals surface area contributed by atoms with Crippen molar-refractivity contribution < 1.29 is 9.53 Å². The molecule has 6 heteroatoms. The normalized spacial score (nSPS) is 22.7. The Balaban J connectivity index is 1.60. The van der Waals surface area contributed by atoms with Gasteiger partial charge in [0.2, 0.25) is 0 Å². The molecule has 2 aliphatic heterocycles. The number of rotatable bonds is 3. The summed E-state index contributed by atoms with van der Waals surface area (Å²) in [5.41, 5.74) is 0.251. The molecule has 0 unspecified atom stereocenters. The minimum absolute atomic E-state index is 0.00715. The van der Waals surface area contributed by atoms with Crippen molar-refractivity contribution in [3.8, 4) is 6.07 Å². The summed E-state index contributed by atoms with van der Waals surface area (Å²) in [6, 6.07) is 6.13. The van der Waals surface area contributed by atoms with Crippen LogP contribution < -0.4 is 5.32 Å². The molecule has 3 rings (SSSR count). The molecule has 1 N–H and O–H groups in total. The average Bonchev–Trinajstić information content (AvgIpc) is 2.99. The standard InChI is InChI=1S/C17H23N3O2S/c1-12(2)15-17(5-7-22-8-6-17)11-20(15)16(21)19-10-14-4-3-13(9-18)23-14/h3-4,12,15H,5-8,10-11H2,1-2H3,(H,19,21)/t15-/m1/s1. The number of carbonyl (C=O) groups is 1. The van der Waals surface area contributed by atoms with Crippen molar-refractivity contribution >= 4 is 17.4 Å². The molecule has 2 aliphatic rings. The average molecular weight is 333 g/mol. The van der Waals surface area contributed by atoms with Gasteiger partial charge in [-0.05, 0) is 30.9 Å². The minimum Gasteiger partial charge on any atom is -0.381 e. The van der Waals surface area contributed by atoms with E-state index < -0.39 is 0 Å². The molecule has 0 radical (unpaired) electrons. The van der Waals surface area contributed by atoms with E-state index in [4.69, 9.17) is 10.00 Å². The Kier molecular flexibility index (Phi) is 4.60. The molecule has 2 saturated heterocycles. The summed E-state index contributed by atoms with van der Waals surface area (Å²) >= 11 is 1.43. The summed E-state index contributed by atoms with van der Waals surface area (Å²) in [6.07, 6.45) is 2.10. The molecule has 2 fully saturated rings. The van der Waals surface area contributed by atoms with Crippen LogP contribution in [0.15, 0.2) is 12.1 Å². The van der Waals surface area contributed by atoms with Crippen LogP contribution in [0.3, 0.4) is 0 Å². The minimum atomic E-state index is 0.00715. The fourth-order valence-electron chi connectivity index (χ4n) is 4.04. The Bertz CT molecular complexity index is 614. The predicted octanol–water partition coefficient (Wildman–Crippen LogP) is 2.97. The van der Waals surface area contributed by atoms with Gasteiger partial charge < -0.3 is 15.0 Å². The Hall–Kier alpha value is -1.58. The fourth-order valence-corrected chi connectivity index (χ4v) is 4.79. The summed E-state index contributed by atoms with van der Waals surface area (Å²) in [5.74, 6) is 0.444. The monoisotopic (exact) mass is 333 g/mol. The summed E-state index contributed by atoms with van der Waals surface area (Å²) in [7, 11) is 0. The highest BCUT2D eigenvalue weighted by atomic mass is 32.1. The van der Waals surface area contributed by atoms with Gasteiger partial charge >= 0.3 is 6.03 Å². The quantitative estimate of drug-likeness (QED) is 0.925. The fraction of sp³-hybridized carbons (Fsp3) is 0.647. The van der Waals surface area contributed by atoms with Gasteiger partial charge in [-0.15, -0.1) is 11.3 Å². The molecule has 0 saturated carbocycles. The van der Waals surface area contributed by atoms with Crippen molar-refractivity contribution in [2.24, 2.45) is 11.3 Å². The maximum Gasteiger partial charge on any atom is 0.317 e. The molecule has 23 heavy (non-hydrogen) atoms. The van der Waals surface area contributed by atoms with Crippen molar-refractivity contribution in [2.45, 2.75) is 39.3 Å². The van der Waals surface area contributed by atoms with Crippen LogP contribution in [0, 0.1) is 22.7 Å². The van der Waals surface area contributed by atoms with Crippen molar-refractivity contribution in [3.05, 3.63) is 21.9 Å². The van der Waals surface area contributed by atoms with Crippen LogP contribution in [0.2, 0.25) is 0 Å². The topological polar surface area (TPSA) is 65.4 Å². The van der Waals surface area contributed by atoms with Crippen LogP contribution in [0.1, 0.15) is 36.4 Å². The number of hydrogen-bond donors (Lipinski definition) is 1. The van der Waals surface area contributed by atoms with Crippen molar-refractivity contribution in [1.82, 2.24) is 10.2 Å². The number of likely N-dealkylation sites (tertiary alicyclic amines) is 1. The van der Waals surface area contributed by atoms with E-state index in [1.165, 1.54) is 11.3 Å². The van der Waals surface area contributed by atoms with Gasteiger partial charge in [-0.3, -0.25) is 0 Å². The van der Waals surface area contributed by atoms with Crippen LogP contribution in [0.5, 0.6) is 0 Å². The van der Waals surface area contributed by atoms with Crippen molar-refractivity contribution in [2.75, 3.05) is 19.8 Å². The van der Waals surface area contributed by atoms with E-state index in [1.807, 2.05) is 11.0 Å². The number of thiophene rings is 1. The number of nitrogens with zero attached hydrogens (tertiary/aromatic N) is 2. The van der Waals surface area contributed by atoms with Gasteiger partial charge in [0, 0.05) is 36.1 Å². The second kappa shape index (κ2) is 6.50. The van der Waals surface area contributed by atoms with Crippen LogP contribution in [0.4, 0.5) is 4.79 Å². The van der Waals surface area contributed by atoms with E-state index in [0.717, 1.165) is 37.5 Å². The van der Waals surface area contributed by atoms with E-state index in [-0.39, 0.29) is 11.4 Å². The summed E-state index contributed by atoms with van der Waals surface area (Å²) < 4.78 is 5.50. The number of hydrogen-bond acceptors (Lipinski definition) is 4. The first-order valence-corrected chi connectivity index (χ1v) is 8.98. The SMILES string of the molecule is CC(C)[C@H]1N(C(=O)NCc2ccc(C#N)s2)CC12CCOCC2. The molecule has 3 heterocycles. The molecule has 2 amide bonds. The highest BCUT2D eigenvalue weighted by Gasteiger charge is 2.55. The Morgan fingerprint density at radius 1 is 1.52 bits per heavy atom. The highest BCUT2D eigenvalue weighted by molar-refractivity contribution is 7.12. The lowest BCUT2D eigenvalue weighted by molar-refractivity contribution is -0.124. The molecule has 124 valence electrons. The zero-order valence-electron chi connectivity index (χ0n) is 13.7. The number of ether oxygens (including phenoxy) is 1. The lowest BCUT2D eigenvalue weighted by atomic mass is 9.63. The lowest BCUT2D eigenvalue weighted by Crippen LogP contribution is -2.70. The van der Waals surface area contributed by atoms with Crippen molar-refractivity contribution in [1.29, 1.82) is 5.26 Å². The first-order chi connectivity index (χ1) is 11.1. The molecule has 5 nitrogen and oxygen atoms in total. The largest absolute Gasteiger partial charge is 0.381 e. The van der Waals surface area contributed by atoms with Crippen molar-refractivity contribution in [3.63, 3.8) is 0 Å². The molecule has 0 bridgehead atoms. The second-order valence-electron chi connectivity index (χ2n) is 6.83. The molecular weight excluding hydrogens is 310 g/mol. The molecule has 1 aromatic heterocycles.